The van der Waals surface area contributed by atoms with E-state index in [1.54, 1.807) is 11.5 Å². The van der Waals surface area contributed by atoms with Gasteiger partial charge in [0.25, 0.3) is 5.56 Å². The lowest BCUT2D eigenvalue weighted by atomic mass is 9.96. The van der Waals surface area contributed by atoms with Crippen molar-refractivity contribution in [2.45, 2.75) is 19.9 Å². The number of nitrogens with zero attached hydrogens (tertiary/aromatic N) is 2. The number of rotatable bonds is 3. The molecule has 5 rings (SSSR count). The van der Waals surface area contributed by atoms with E-state index in [1.165, 1.54) is 18.4 Å². The van der Waals surface area contributed by atoms with Crippen LogP contribution in [0.5, 0.6) is 0 Å². The fraction of sp³-hybridized carbons (Fsp3) is 0.160. The molecule has 6 nitrogen and oxygen atoms in total. The number of fused-ring (bicyclic) bond motifs is 2. The summed E-state index contributed by atoms with van der Waals surface area (Å²) >= 11 is 1.33. The van der Waals surface area contributed by atoms with E-state index >= 15 is 0 Å². The fourth-order valence-corrected chi connectivity index (χ4v) is 5.29. The molecule has 0 saturated heterocycles. The van der Waals surface area contributed by atoms with Gasteiger partial charge in [0, 0.05) is 22.2 Å². The van der Waals surface area contributed by atoms with Crippen LogP contribution < -0.4 is 14.9 Å². The number of aryl methyl sites for hydroxylation is 1. The molecule has 0 aliphatic carbocycles. The van der Waals surface area contributed by atoms with Crippen LogP contribution in [0.4, 0.5) is 0 Å². The molecule has 1 atom stereocenters. The van der Waals surface area contributed by atoms with E-state index in [4.69, 9.17) is 4.74 Å². The molecular weight excluding hydrogens is 422 g/mol. The van der Waals surface area contributed by atoms with Gasteiger partial charge in [0.2, 0.25) is 0 Å². The number of hydrogen-bond acceptors (Lipinski definition) is 5. The number of hydrogen-bond donors (Lipinski definition) is 1. The number of allylic oxidation sites excluding steroid dienone is 1. The van der Waals surface area contributed by atoms with Gasteiger partial charge in [-0.05, 0) is 31.6 Å². The molecule has 2 aromatic carbocycles. The summed E-state index contributed by atoms with van der Waals surface area (Å²) in [5, 5.41) is 1.06. The topological polar surface area (TPSA) is 76.4 Å². The Bertz CT molecular complexity index is 1570. The fourth-order valence-electron chi connectivity index (χ4n) is 4.26. The van der Waals surface area contributed by atoms with Crippen LogP contribution in [-0.4, -0.2) is 22.6 Å². The van der Waals surface area contributed by atoms with Gasteiger partial charge in [-0.1, -0.05) is 59.9 Å². The summed E-state index contributed by atoms with van der Waals surface area (Å²) in [5.41, 5.74) is 4.58. The highest BCUT2D eigenvalue weighted by atomic mass is 32.1. The minimum atomic E-state index is -0.592. The Kier molecular flexibility index (Phi) is 4.90. The van der Waals surface area contributed by atoms with Gasteiger partial charge in [0.1, 0.15) is 0 Å². The van der Waals surface area contributed by atoms with Crippen LogP contribution in [0.25, 0.3) is 17.0 Å². The number of para-hydroxylation sites is 1. The molecule has 0 spiro atoms. The van der Waals surface area contributed by atoms with Gasteiger partial charge in [0.15, 0.2) is 4.80 Å². The number of aromatic amines is 1. The first-order valence-corrected chi connectivity index (χ1v) is 11.0. The van der Waals surface area contributed by atoms with Crippen molar-refractivity contribution in [3.63, 3.8) is 0 Å². The summed E-state index contributed by atoms with van der Waals surface area (Å²) < 4.78 is 7.21. The summed E-state index contributed by atoms with van der Waals surface area (Å²) in [6, 6.07) is 16.9. The van der Waals surface area contributed by atoms with Crippen LogP contribution in [0.15, 0.2) is 75.7 Å². The number of benzene rings is 2. The summed E-state index contributed by atoms with van der Waals surface area (Å²) in [6.07, 6.45) is 1.91. The van der Waals surface area contributed by atoms with E-state index in [9.17, 15) is 9.59 Å². The zero-order chi connectivity index (χ0) is 22.4. The zero-order valence-corrected chi connectivity index (χ0v) is 18.7. The molecule has 7 heteroatoms. The zero-order valence-electron chi connectivity index (χ0n) is 17.9. The van der Waals surface area contributed by atoms with Crippen molar-refractivity contribution in [1.82, 2.24) is 9.55 Å². The van der Waals surface area contributed by atoms with Crippen molar-refractivity contribution in [1.29, 1.82) is 0 Å². The van der Waals surface area contributed by atoms with Crippen LogP contribution in [0, 0.1) is 6.92 Å². The molecule has 4 aromatic rings. The Morgan fingerprint density at radius 2 is 1.84 bits per heavy atom. The third-order valence-electron chi connectivity index (χ3n) is 5.76. The molecule has 3 heterocycles. The molecule has 0 fully saturated rings. The number of aromatic nitrogens is 2. The van der Waals surface area contributed by atoms with E-state index in [0.717, 1.165) is 27.7 Å². The monoisotopic (exact) mass is 443 g/mol. The van der Waals surface area contributed by atoms with Crippen LogP contribution in [0.3, 0.4) is 0 Å². The third-order valence-corrected chi connectivity index (χ3v) is 6.74. The van der Waals surface area contributed by atoms with E-state index in [-0.39, 0.29) is 5.56 Å². The van der Waals surface area contributed by atoms with Crippen molar-refractivity contribution in [3.8, 4) is 0 Å². The molecular formula is C25H21N3O3S. The van der Waals surface area contributed by atoms with Crippen molar-refractivity contribution in [2.24, 2.45) is 4.99 Å². The summed E-state index contributed by atoms with van der Waals surface area (Å²) in [7, 11) is 1.34. The quantitative estimate of drug-likeness (QED) is 0.494. The number of ether oxygens (including phenoxy) is 1. The van der Waals surface area contributed by atoms with E-state index in [2.05, 4.69) is 9.98 Å². The van der Waals surface area contributed by atoms with Crippen molar-refractivity contribution < 1.29 is 9.53 Å². The molecule has 160 valence electrons. The van der Waals surface area contributed by atoms with Gasteiger partial charge < -0.3 is 9.72 Å². The van der Waals surface area contributed by atoms with Gasteiger partial charge in [-0.15, -0.1) is 0 Å². The average Bonchev–Trinajstić information content (AvgIpc) is 3.29. The maximum atomic E-state index is 13.6. The number of carbonyl (C=O) groups is 1. The highest BCUT2D eigenvalue weighted by Gasteiger charge is 2.32. The number of methoxy groups -OCH3 is 1. The molecule has 0 amide bonds. The van der Waals surface area contributed by atoms with Crippen LogP contribution >= 0.6 is 11.3 Å². The van der Waals surface area contributed by atoms with Gasteiger partial charge >= 0.3 is 5.97 Å². The molecule has 1 aliphatic heterocycles. The minimum Gasteiger partial charge on any atom is -0.466 e. The van der Waals surface area contributed by atoms with Gasteiger partial charge in [-0.3, -0.25) is 9.36 Å². The molecule has 1 aliphatic rings. The number of esters is 1. The van der Waals surface area contributed by atoms with Crippen molar-refractivity contribution in [3.05, 3.63) is 102 Å². The largest absolute Gasteiger partial charge is 0.466 e. The average molecular weight is 444 g/mol. The Hall–Kier alpha value is -3.71. The Balaban J connectivity index is 1.78. The first-order chi connectivity index (χ1) is 15.5. The lowest BCUT2D eigenvalue weighted by Crippen LogP contribution is -2.39. The smallest absolute Gasteiger partial charge is 0.338 e. The predicted octanol–water partition coefficient (Wildman–Crippen LogP) is 3.20. The van der Waals surface area contributed by atoms with Crippen LogP contribution in [0.2, 0.25) is 0 Å². The van der Waals surface area contributed by atoms with E-state index in [1.807, 2.05) is 67.6 Å². The second-order valence-corrected chi connectivity index (χ2v) is 8.70. The molecule has 2 aromatic heterocycles. The summed E-state index contributed by atoms with van der Waals surface area (Å²) in [5.74, 6) is -0.484. The number of nitrogens with one attached hydrogen (secondary N) is 1. The van der Waals surface area contributed by atoms with E-state index < -0.39 is 12.0 Å². The first kappa shape index (κ1) is 20.2. The van der Waals surface area contributed by atoms with E-state index in [0.29, 0.717) is 20.6 Å². The number of carbonyl (C=O) groups excluding carboxylic acids is 1. The Labute approximate surface area is 187 Å². The van der Waals surface area contributed by atoms with Gasteiger partial charge in [0.05, 0.1) is 29.0 Å². The molecule has 32 heavy (non-hydrogen) atoms. The first-order valence-electron chi connectivity index (χ1n) is 10.2. The highest BCUT2D eigenvalue weighted by Crippen LogP contribution is 2.30. The molecule has 0 radical (unpaired) electrons. The van der Waals surface area contributed by atoms with Gasteiger partial charge in [-0.2, -0.15) is 0 Å². The van der Waals surface area contributed by atoms with Crippen molar-refractivity contribution in [2.75, 3.05) is 7.11 Å². The third kappa shape index (κ3) is 3.13. The Morgan fingerprint density at radius 1 is 1.12 bits per heavy atom. The number of thiazole rings is 1. The highest BCUT2D eigenvalue weighted by molar-refractivity contribution is 7.07. The van der Waals surface area contributed by atoms with Gasteiger partial charge in [-0.25, -0.2) is 9.79 Å². The lowest BCUT2D eigenvalue weighted by molar-refractivity contribution is -0.136. The van der Waals surface area contributed by atoms with Crippen molar-refractivity contribution >= 4 is 34.3 Å². The standard InChI is InChI=1S/C25H21N3O3S/c1-14-18(17-11-7-8-12-19(17)26-14)13-20-23(29)28-22(16-9-5-4-6-10-16)21(24(30)31-3)15(2)27-25(28)32-20/h4-13,22,26H,1-3H3. The maximum absolute atomic E-state index is 13.6. The minimum absolute atomic E-state index is 0.179. The molecule has 0 saturated carbocycles. The van der Waals surface area contributed by atoms with Crippen LogP contribution in [0.1, 0.15) is 29.8 Å². The predicted molar refractivity (Wildman–Crippen MR) is 125 cm³/mol. The maximum Gasteiger partial charge on any atom is 0.338 e. The summed E-state index contributed by atoms with van der Waals surface area (Å²) in [4.78, 5) is 34.8. The molecule has 0 bridgehead atoms. The van der Waals surface area contributed by atoms with Crippen LogP contribution in [-0.2, 0) is 9.53 Å². The molecule has 1 N–H and O–H groups in total. The second kappa shape index (κ2) is 7.76. The summed E-state index contributed by atoms with van der Waals surface area (Å²) in [6.45, 7) is 3.78. The lowest BCUT2D eigenvalue weighted by Gasteiger charge is -2.24. The normalized spacial score (nSPS) is 16.2. The molecule has 1 unspecified atom stereocenters. The Morgan fingerprint density at radius 3 is 2.59 bits per heavy atom. The SMILES string of the molecule is COC(=O)C1=C(C)N=c2sc(=Cc3c(C)[nH]c4ccccc34)c(=O)n2C1c1ccccc1. The second-order valence-electron chi connectivity index (χ2n) is 7.69. The number of H-pyrrole nitrogens is 1.